The first kappa shape index (κ1) is 17.2. The van der Waals surface area contributed by atoms with E-state index in [1.165, 1.54) is 12.8 Å². The van der Waals surface area contributed by atoms with Crippen LogP contribution in [0.15, 0.2) is 48.5 Å². The molecule has 1 heterocycles. The van der Waals surface area contributed by atoms with E-state index >= 15 is 0 Å². The van der Waals surface area contributed by atoms with E-state index in [4.69, 9.17) is 0 Å². The summed E-state index contributed by atoms with van der Waals surface area (Å²) in [6.45, 7) is 3.61. The highest BCUT2D eigenvalue weighted by Crippen LogP contribution is 2.17. The molecule has 1 aliphatic heterocycles. The zero-order chi connectivity index (χ0) is 17.6. The lowest BCUT2D eigenvalue weighted by Crippen LogP contribution is -2.31. The number of hydrogen-bond donors (Lipinski definition) is 1. The number of likely N-dealkylation sites (tertiary alicyclic amines) is 1. The van der Waals surface area contributed by atoms with Crippen LogP contribution < -0.4 is 5.32 Å². The molecule has 0 unspecified atom stereocenters. The van der Waals surface area contributed by atoms with Crippen molar-refractivity contribution in [3.05, 3.63) is 65.2 Å². The summed E-state index contributed by atoms with van der Waals surface area (Å²) in [6.07, 6.45) is 4.54. The fourth-order valence-electron chi connectivity index (χ4n) is 3.13. The van der Waals surface area contributed by atoms with Crippen molar-refractivity contribution in [2.75, 3.05) is 18.4 Å². The molecule has 0 saturated carbocycles. The van der Waals surface area contributed by atoms with Crippen LogP contribution in [0.5, 0.6) is 0 Å². The van der Waals surface area contributed by atoms with Crippen molar-refractivity contribution in [2.45, 2.75) is 32.6 Å². The van der Waals surface area contributed by atoms with Crippen LogP contribution in [0.2, 0.25) is 0 Å². The number of nitrogens with zero attached hydrogens (tertiary/aromatic N) is 1. The second kappa shape index (κ2) is 7.97. The molecule has 0 bridgehead atoms. The molecular formula is C21H24N2O2. The van der Waals surface area contributed by atoms with E-state index in [0.29, 0.717) is 11.1 Å². The van der Waals surface area contributed by atoms with E-state index in [0.717, 1.165) is 37.2 Å². The Bertz CT molecular complexity index is 745. The first-order valence-corrected chi connectivity index (χ1v) is 8.91. The quantitative estimate of drug-likeness (QED) is 0.910. The molecule has 2 aromatic rings. The van der Waals surface area contributed by atoms with Gasteiger partial charge in [-0.25, -0.2) is 0 Å². The molecule has 1 fully saturated rings. The number of benzene rings is 2. The second-order valence-corrected chi connectivity index (χ2v) is 6.55. The third-order valence-corrected chi connectivity index (χ3v) is 4.68. The molecule has 2 amide bonds. The minimum Gasteiger partial charge on any atom is -0.339 e. The van der Waals surface area contributed by atoms with E-state index < -0.39 is 0 Å². The average Bonchev–Trinajstić information content (AvgIpc) is 2.92. The SMILES string of the molecule is Cc1ccccc1NC(=O)c1ccc(C(=O)N2CCCCCC2)cc1. The molecule has 130 valence electrons. The number of anilines is 1. The van der Waals surface area contributed by atoms with Crippen LogP contribution in [0.25, 0.3) is 0 Å². The Morgan fingerprint density at radius 3 is 2.08 bits per heavy atom. The van der Waals surface area contributed by atoms with Gasteiger partial charge in [0.2, 0.25) is 0 Å². The van der Waals surface area contributed by atoms with Crippen LogP contribution in [-0.2, 0) is 0 Å². The van der Waals surface area contributed by atoms with E-state index in [1.807, 2.05) is 36.1 Å². The maximum Gasteiger partial charge on any atom is 0.255 e. The maximum absolute atomic E-state index is 12.6. The Hall–Kier alpha value is -2.62. The number of carbonyl (C=O) groups is 2. The zero-order valence-electron chi connectivity index (χ0n) is 14.6. The van der Waals surface area contributed by atoms with Crippen molar-refractivity contribution >= 4 is 17.5 Å². The van der Waals surface area contributed by atoms with Gasteiger partial charge < -0.3 is 10.2 Å². The van der Waals surface area contributed by atoms with Crippen LogP contribution in [-0.4, -0.2) is 29.8 Å². The van der Waals surface area contributed by atoms with Gasteiger partial charge in [0.15, 0.2) is 0 Å². The van der Waals surface area contributed by atoms with Crippen LogP contribution >= 0.6 is 0 Å². The Morgan fingerprint density at radius 2 is 1.44 bits per heavy atom. The normalized spacial score (nSPS) is 14.7. The van der Waals surface area contributed by atoms with Crippen molar-refractivity contribution < 1.29 is 9.59 Å². The first-order valence-electron chi connectivity index (χ1n) is 8.91. The third kappa shape index (κ3) is 4.27. The summed E-state index contributed by atoms with van der Waals surface area (Å²) in [5.74, 6) is -0.101. The monoisotopic (exact) mass is 336 g/mol. The lowest BCUT2D eigenvalue weighted by atomic mass is 10.1. The van der Waals surface area contributed by atoms with Gasteiger partial charge in [0.05, 0.1) is 0 Å². The molecule has 0 radical (unpaired) electrons. The van der Waals surface area contributed by atoms with Gasteiger partial charge in [-0.3, -0.25) is 9.59 Å². The second-order valence-electron chi connectivity index (χ2n) is 6.55. The smallest absolute Gasteiger partial charge is 0.255 e. The van der Waals surface area contributed by atoms with Crippen molar-refractivity contribution in [2.24, 2.45) is 0 Å². The lowest BCUT2D eigenvalue weighted by molar-refractivity contribution is 0.0761. The minimum atomic E-state index is -0.164. The zero-order valence-corrected chi connectivity index (χ0v) is 14.6. The van der Waals surface area contributed by atoms with Crippen LogP contribution in [0.1, 0.15) is 52.0 Å². The Morgan fingerprint density at radius 1 is 0.840 bits per heavy atom. The lowest BCUT2D eigenvalue weighted by Gasteiger charge is -2.20. The molecule has 0 aliphatic carbocycles. The molecule has 25 heavy (non-hydrogen) atoms. The fraction of sp³-hybridized carbons (Fsp3) is 0.333. The van der Waals surface area contributed by atoms with Crippen molar-refractivity contribution in [3.8, 4) is 0 Å². The number of aryl methyl sites for hydroxylation is 1. The fourth-order valence-corrected chi connectivity index (χ4v) is 3.13. The van der Waals surface area contributed by atoms with Gasteiger partial charge in [0.25, 0.3) is 11.8 Å². The average molecular weight is 336 g/mol. The van der Waals surface area contributed by atoms with Gasteiger partial charge in [-0.05, 0) is 55.7 Å². The highest BCUT2D eigenvalue weighted by atomic mass is 16.2. The highest BCUT2D eigenvalue weighted by molar-refractivity contribution is 6.05. The van der Waals surface area contributed by atoms with E-state index in [1.54, 1.807) is 24.3 Å². The summed E-state index contributed by atoms with van der Waals surface area (Å²) in [4.78, 5) is 26.9. The Kier molecular flexibility index (Phi) is 5.49. The third-order valence-electron chi connectivity index (χ3n) is 4.68. The topological polar surface area (TPSA) is 49.4 Å². The molecule has 3 rings (SSSR count). The molecule has 4 heteroatoms. The number of rotatable bonds is 3. The summed E-state index contributed by atoms with van der Waals surface area (Å²) in [7, 11) is 0. The number of nitrogens with one attached hydrogen (secondary N) is 1. The van der Waals surface area contributed by atoms with Gasteiger partial charge >= 0.3 is 0 Å². The number of para-hydroxylation sites is 1. The van der Waals surface area contributed by atoms with Crippen LogP contribution in [0, 0.1) is 6.92 Å². The van der Waals surface area contributed by atoms with Gasteiger partial charge in [0.1, 0.15) is 0 Å². The van der Waals surface area contributed by atoms with Gasteiger partial charge in [-0.15, -0.1) is 0 Å². The largest absolute Gasteiger partial charge is 0.339 e. The van der Waals surface area contributed by atoms with Crippen LogP contribution in [0.3, 0.4) is 0 Å². The molecule has 0 atom stereocenters. The number of hydrogen-bond acceptors (Lipinski definition) is 2. The van der Waals surface area contributed by atoms with Crippen molar-refractivity contribution in [3.63, 3.8) is 0 Å². The van der Waals surface area contributed by atoms with Gasteiger partial charge in [0, 0.05) is 29.9 Å². The van der Waals surface area contributed by atoms with Crippen LogP contribution in [0.4, 0.5) is 5.69 Å². The molecule has 1 N–H and O–H groups in total. The summed E-state index contributed by atoms with van der Waals surface area (Å²) in [5.41, 5.74) is 3.02. The van der Waals surface area contributed by atoms with E-state index in [2.05, 4.69) is 5.32 Å². The molecule has 1 saturated heterocycles. The highest BCUT2D eigenvalue weighted by Gasteiger charge is 2.17. The maximum atomic E-state index is 12.6. The van der Waals surface area contributed by atoms with Crippen molar-refractivity contribution in [1.29, 1.82) is 0 Å². The molecule has 1 aliphatic rings. The van der Waals surface area contributed by atoms with Gasteiger partial charge in [-0.1, -0.05) is 31.0 Å². The minimum absolute atomic E-state index is 0.0627. The van der Waals surface area contributed by atoms with Crippen molar-refractivity contribution in [1.82, 2.24) is 4.90 Å². The summed E-state index contributed by atoms with van der Waals surface area (Å²) < 4.78 is 0. The summed E-state index contributed by atoms with van der Waals surface area (Å²) >= 11 is 0. The molecule has 4 nitrogen and oxygen atoms in total. The standard InChI is InChI=1S/C21H24N2O2/c1-16-8-4-5-9-19(16)22-20(24)17-10-12-18(13-11-17)21(25)23-14-6-2-3-7-15-23/h4-5,8-13H,2-3,6-7,14-15H2,1H3,(H,22,24). The van der Waals surface area contributed by atoms with Gasteiger partial charge in [-0.2, -0.15) is 0 Å². The van der Waals surface area contributed by atoms with E-state index in [-0.39, 0.29) is 11.8 Å². The summed E-state index contributed by atoms with van der Waals surface area (Å²) in [5, 5.41) is 2.91. The first-order chi connectivity index (χ1) is 12.1. The molecule has 2 aromatic carbocycles. The Balaban J connectivity index is 1.68. The Labute approximate surface area is 148 Å². The molecule has 0 aromatic heterocycles. The number of amides is 2. The predicted molar refractivity (Wildman–Crippen MR) is 99.9 cm³/mol. The van der Waals surface area contributed by atoms with E-state index in [9.17, 15) is 9.59 Å². The summed E-state index contributed by atoms with van der Waals surface area (Å²) in [6, 6.07) is 14.6. The predicted octanol–water partition coefficient (Wildman–Crippen LogP) is 4.26. The molecule has 0 spiro atoms. The number of carbonyl (C=O) groups excluding carboxylic acids is 2. The molecular weight excluding hydrogens is 312 g/mol.